The Hall–Kier alpha value is -3.59. The summed E-state index contributed by atoms with van der Waals surface area (Å²) in [5.41, 5.74) is 7.82. The third-order valence-corrected chi connectivity index (χ3v) is 5.28. The lowest BCUT2D eigenvalue weighted by Gasteiger charge is -2.21. The number of carbonyl (C=O) groups is 1. The maximum atomic E-state index is 13.2. The molecule has 4 aromatic rings. The summed E-state index contributed by atoms with van der Waals surface area (Å²) in [6, 6.07) is 22.2. The summed E-state index contributed by atoms with van der Waals surface area (Å²) in [7, 11) is 0. The fourth-order valence-electron chi connectivity index (χ4n) is 3.91. The zero-order valence-corrected chi connectivity index (χ0v) is 15.3. The lowest BCUT2D eigenvalue weighted by Crippen LogP contribution is -2.15. The molecule has 134 valence electrons. The topological polar surface area (TPSA) is 42.9 Å². The van der Waals surface area contributed by atoms with Crippen LogP contribution in [-0.4, -0.2) is 15.8 Å². The van der Waals surface area contributed by atoms with Gasteiger partial charge in [0.05, 0.1) is 11.0 Å². The van der Waals surface area contributed by atoms with Crippen molar-refractivity contribution in [3.63, 3.8) is 0 Å². The molecule has 0 saturated carbocycles. The van der Waals surface area contributed by atoms with Crippen molar-refractivity contribution < 1.29 is 4.79 Å². The SMILES string of the molecule is O=C1C(=Cc2ccc3nccnc3c2)CCc2c1cccc2-c1ccccc1. The molecule has 0 amide bonds. The van der Waals surface area contributed by atoms with E-state index in [0.29, 0.717) is 0 Å². The van der Waals surface area contributed by atoms with Gasteiger partial charge in [0.15, 0.2) is 5.78 Å². The number of fused-ring (bicyclic) bond motifs is 2. The molecular weight excluding hydrogens is 344 g/mol. The van der Waals surface area contributed by atoms with E-state index < -0.39 is 0 Å². The molecule has 3 heteroatoms. The summed E-state index contributed by atoms with van der Waals surface area (Å²) < 4.78 is 0. The number of hydrogen-bond donors (Lipinski definition) is 0. The molecule has 0 unspecified atom stereocenters. The summed E-state index contributed by atoms with van der Waals surface area (Å²) in [5, 5.41) is 0. The first-order valence-electron chi connectivity index (χ1n) is 9.43. The second-order valence-electron chi connectivity index (χ2n) is 7.00. The van der Waals surface area contributed by atoms with Crippen molar-refractivity contribution in [2.75, 3.05) is 0 Å². The maximum absolute atomic E-state index is 13.2. The van der Waals surface area contributed by atoms with Crippen LogP contribution in [0.2, 0.25) is 0 Å². The number of aromatic nitrogens is 2. The average molecular weight is 362 g/mol. The number of rotatable bonds is 2. The van der Waals surface area contributed by atoms with Crippen LogP contribution >= 0.6 is 0 Å². The third kappa shape index (κ3) is 2.91. The van der Waals surface area contributed by atoms with Crippen LogP contribution < -0.4 is 0 Å². The van der Waals surface area contributed by atoms with Crippen LogP contribution in [-0.2, 0) is 6.42 Å². The number of allylic oxidation sites excluding steroid dienone is 1. The highest BCUT2D eigenvalue weighted by Gasteiger charge is 2.24. The lowest BCUT2D eigenvalue weighted by molar-refractivity contribution is 0.102. The summed E-state index contributed by atoms with van der Waals surface area (Å²) in [6.07, 6.45) is 6.98. The van der Waals surface area contributed by atoms with Gasteiger partial charge in [0.1, 0.15) is 0 Å². The fraction of sp³-hybridized carbons (Fsp3) is 0.0800. The quantitative estimate of drug-likeness (QED) is 0.442. The number of Topliss-reactive ketones (excluding diaryl/α,β-unsaturated/α-hetero) is 1. The molecule has 1 heterocycles. The second-order valence-corrected chi connectivity index (χ2v) is 7.00. The molecule has 1 aliphatic carbocycles. The van der Waals surface area contributed by atoms with E-state index in [1.165, 1.54) is 0 Å². The van der Waals surface area contributed by atoms with Crippen molar-refractivity contribution in [3.05, 3.63) is 101 Å². The van der Waals surface area contributed by atoms with Gasteiger partial charge >= 0.3 is 0 Å². The van der Waals surface area contributed by atoms with Gasteiger partial charge in [0, 0.05) is 23.5 Å². The minimum atomic E-state index is 0.123. The minimum Gasteiger partial charge on any atom is -0.289 e. The highest BCUT2D eigenvalue weighted by atomic mass is 16.1. The maximum Gasteiger partial charge on any atom is 0.189 e. The van der Waals surface area contributed by atoms with Gasteiger partial charge in [0.25, 0.3) is 0 Å². The van der Waals surface area contributed by atoms with Gasteiger partial charge in [-0.05, 0) is 53.3 Å². The molecule has 0 saturated heterocycles. The Morgan fingerprint density at radius 3 is 2.39 bits per heavy atom. The Morgan fingerprint density at radius 1 is 0.750 bits per heavy atom. The number of nitrogens with zero attached hydrogens (tertiary/aromatic N) is 2. The molecule has 0 spiro atoms. The molecule has 0 radical (unpaired) electrons. The normalized spacial score (nSPS) is 15.0. The molecule has 0 bridgehead atoms. The summed E-state index contributed by atoms with van der Waals surface area (Å²) >= 11 is 0. The van der Waals surface area contributed by atoms with Gasteiger partial charge in [-0.15, -0.1) is 0 Å². The molecule has 3 aromatic carbocycles. The van der Waals surface area contributed by atoms with E-state index in [1.807, 2.05) is 54.6 Å². The van der Waals surface area contributed by atoms with Gasteiger partial charge in [-0.1, -0.05) is 54.6 Å². The Balaban J connectivity index is 1.54. The zero-order valence-electron chi connectivity index (χ0n) is 15.3. The molecule has 0 atom stereocenters. The number of hydrogen-bond acceptors (Lipinski definition) is 3. The predicted octanol–water partition coefficient (Wildman–Crippen LogP) is 5.51. The molecule has 0 N–H and O–H groups in total. The molecule has 0 aliphatic heterocycles. The van der Waals surface area contributed by atoms with E-state index in [-0.39, 0.29) is 5.78 Å². The van der Waals surface area contributed by atoms with Crippen LogP contribution in [0.15, 0.2) is 84.7 Å². The van der Waals surface area contributed by atoms with E-state index in [0.717, 1.165) is 57.3 Å². The first-order chi connectivity index (χ1) is 13.8. The van der Waals surface area contributed by atoms with E-state index in [9.17, 15) is 4.79 Å². The molecule has 1 aliphatic rings. The van der Waals surface area contributed by atoms with Gasteiger partial charge in [0.2, 0.25) is 0 Å². The fourth-order valence-corrected chi connectivity index (χ4v) is 3.91. The molecule has 5 rings (SSSR count). The molecule has 1 aromatic heterocycles. The van der Waals surface area contributed by atoms with Gasteiger partial charge in [-0.25, -0.2) is 0 Å². The smallest absolute Gasteiger partial charge is 0.189 e. The van der Waals surface area contributed by atoms with Crippen molar-refractivity contribution in [2.24, 2.45) is 0 Å². The van der Waals surface area contributed by atoms with Gasteiger partial charge in [-0.2, -0.15) is 0 Å². The zero-order chi connectivity index (χ0) is 18.9. The van der Waals surface area contributed by atoms with Crippen molar-refractivity contribution in [1.82, 2.24) is 9.97 Å². The van der Waals surface area contributed by atoms with Crippen molar-refractivity contribution in [1.29, 1.82) is 0 Å². The number of carbonyl (C=O) groups excluding carboxylic acids is 1. The predicted molar refractivity (Wildman–Crippen MR) is 112 cm³/mol. The van der Waals surface area contributed by atoms with Crippen molar-refractivity contribution in [2.45, 2.75) is 12.8 Å². The highest BCUT2D eigenvalue weighted by Crippen LogP contribution is 2.34. The first-order valence-corrected chi connectivity index (χ1v) is 9.43. The summed E-state index contributed by atoms with van der Waals surface area (Å²) in [5.74, 6) is 0.123. The van der Waals surface area contributed by atoms with E-state index in [2.05, 4.69) is 28.2 Å². The molecule has 0 fully saturated rings. The van der Waals surface area contributed by atoms with Crippen LogP contribution in [0.5, 0.6) is 0 Å². The summed E-state index contributed by atoms with van der Waals surface area (Å²) in [6.45, 7) is 0. The Morgan fingerprint density at radius 2 is 1.54 bits per heavy atom. The largest absolute Gasteiger partial charge is 0.289 e. The number of ketones is 1. The van der Waals surface area contributed by atoms with Crippen LogP contribution in [0, 0.1) is 0 Å². The van der Waals surface area contributed by atoms with E-state index >= 15 is 0 Å². The number of benzene rings is 3. The second kappa shape index (κ2) is 6.86. The van der Waals surface area contributed by atoms with Gasteiger partial charge in [-0.3, -0.25) is 14.8 Å². The Kier molecular flexibility index (Phi) is 4.06. The van der Waals surface area contributed by atoms with Crippen LogP contribution in [0.3, 0.4) is 0 Å². The van der Waals surface area contributed by atoms with Crippen molar-refractivity contribution >= 4 is 22.9 Å². The highest BCUT2D eigenvalue weighted by molar-refractivity contribution is 6.14. The Bertz CT molecular complexity index is 1230. The van der Waals surface area contributed by atoms with Crippen LogP contribution in [0.1, 0.15) is 27.9 Å². The van der Waals surface area contributed by atoms with E-state index in [4.69, 9.17) is 0 Å². The monoisotopic (exact) mass is 362 g/mol. The standard InChI is InChI=1S/C25H18N2O/c28-25-19(15-17-9-12-23-24(16-17)27-14-13-26-23)10-11-21-20(7-4-8-22(21)25)18-5-2-1-3-6-18/h1-9,12-16H,10-11H2. The average Bonchev–Trinajstić information content (AvgIpc) is 2.76. The van der Waals surface area contributed by atoms with E-state index in [1.54, 1.807) is 12.4 Å². The molecule has 28 heavy (non-hydrogen) atoms. The molecular formula is C25H18N2O. The third-order valence-electron chi connectivity index (χ3n) is 5.28. The van der Waals surface area contributed by atoms with Gasteiger partial charge < -0.3 is 0 Å². The Labute approximate surface area is 163 Å². The summed E-state index contributed by atoms with van der Waals surface area (Å²) in [4.78, 5) is 21.8. The van der Waals surface area contributed by atoms with Crippen LogP contribution in [0.4, 0.5) is 0 Å². The minimum absolute atomic E-state index is 0.123. The van der Waals surface area contributed by atoms with Crippen molar-refractivity contribution in [3.8, 4) is 11.1 Å². The van der Waals surface area contributed by atoms with Crippen LogP contribution in [0.25, 0.3) is 28.2 Å². The lowest BCUT2D eigenvalue weighted by atomic mass is 9.82. The first kappa shape index (κ1) is 16.6. The molecule has 3 nitrogen and oxygen atoms in total.